The van der Waals surface area contributed by atoms with Crippen molar-refractivity contribution in [2.24, 2.45) is 0 Å². The van der Waals surface area contributed by atoms with Crippen LogP contribution in [0, 0.1) is 0 Å². The highest BCUT2D eigenvalue weighted by Gasteiger charge is 2.36. The average molecular weight is 298 g/mol. The molecular weight excluding hydrogens is 280 g/mol. The van der Waals surface area contributed by atoms with Crippen molar-refractivity contribution in [2.45, 2.75) is 24.2 Å². The van der Waals surface area contributed by atoms with Gasteiger partial charge in [-0.1, -0.05) is 26.0 Å². The second-order valence-corrected chi connectivity index (χ2v) is 6.67. The predicted molar refractivity (Wildman–Crippen MR) is 87.1 cm³/mol. The second-order valence-electron chi connectivity index (χ2n) is 5.79. The SMILES string of the molecule is COC(=O)c1ccc2c(c1)C(C)(C)c1cc(SC)ccc1-2. The van der Waals surface area contributed by atoms with Crippen LogP contribution in [0.2, 0.25) is 0 Å². The third kappa shape index (κ3) is 2.07. The van der Waals surface area contributed by atoms with Crippen LogP contribution in [0.15, 0.2) is 41.3 Å². The molecule has 0 fully saturated rings. The van der Waals surface area contributed by atoms with Crippen LogP contribution in [-0.2, 0) is 10.2 Å². The van der Waals surface area contributed by atoms with Gasteiger partial charge in [-0.05, 0) is 52.8 Å². The van der Waals surface area contributed by atoms with Crippen molar-refractivity contribution in [1.82, 2.24) is 0 Å². The summed E-state index contributed by atoms with van der Waals surface area (Å²) in [5.41, 5.74) is 5.52. The van der Waals surface area contributed by atoms with E-state index in [2.05, 4.69) is 38.3 Å². The fourth-order valence-electron chi connectivity index (χ4n) is 3.09. The average Bonchev–Trinajstić information content (AvgIpc) is 2.74. The van der Waals surface area contributed by atoms with E-state index < -0.39 is 0 Å². The minimum Gasteiger partial charge on any atom is -0.465 e. The van der Waals surface area contributed by atoms with Crippen molar-refractivity contribution in [3.63, 3.8) is 0 Å². The maximum Gasteiger partial charge on any atom is 0.337 e. The fourth-order valence-corrected chi connectivity index (χ4v) is 3.53. The zero-order chi connectivity index (χ0) is 15.2. The van der Waals surface area contributed by atoms with Crippen LogP contribution in [0.25, 0.3) is 11.1 Å². The lowest BCUT2D eigenvalue weighted by Gasteiger charge is -2.22. The van der Waals surface area contributed by atoms with Gasteiger partial charge in [0.15, 0.2) is 0 Å². The number of hydrogen-bond donors (Lipinski definition) is 0. The van der Waals surface area contributed by atoms with Crippen LogP contribution in [-0.4, -0.2) is 19.3 Å². The number of carbonyl (C=O) groups excluding carboxylic acids is 1. The summed E-state index contributed by atoms with van der Waals surface area (Å²) in [7, 11) is 1.42. The summed E-state index contributed by atoms with van der Waals surface area (Å²) in [4.78, 5) is 13.0. The molecule has 3 rings (SSSR count). The normalized spacial score (nSPS) is 14.5. The van der Waals surface area contributed by atoms with Crippen molar-refractivity contribution >= 4 is 17.7 Å². The van der Waals surface area contributed by atoms with Gasteiger partial charge in [0, 0.05) is 10.3 Å². The molecule has 108 valence electrons. The minimum atomic E-state index is -0.283. The van der Waals surface area contributed by atoms with E-state index in [4.69, 9.17) is 4.74 Å². The van der Waals surface area contributed by atoms with Crippen LogP contribution in [0.1, 0.15) is 35.3 Å². The predicted octanol–water partition coefficient (Wildman–Crippen LogP) is 4.50. The second kappa shape index (κ2) is 4.92. The molecule has 2 nitrogen and oxygen atoms in total. The minimum absolute atomic E-state index is 0.0968. The molecule has 0 saturated heterocycles. The largest absolute Gasteiger partial charge is 0.465 e. The monoisotopic (exact) mass is 298 g/mol. The van der Waals surface area contributed by atoms with E-state index in [0.29, 0.717) is 5.56 Å². The van der Waals surface area contributed by atoms with Gasteiger partial charge in [0.2, 0.25) is 0 Å². The zero-order valence-corrected chi connectivity index (χ0v) is 13.5. The first-order valence-corrected chi connectivity index (χ1v) is 8.13. The molecule has 0 unspecified atom stereocenters. The Morgan fingerprint density at radius 3 is 2.29 bits per heavy atom. The molecule has 0 radical (unpaired) electrons. The molecule has 0 atom stereocenters. The van der Waals surface area contributed by atoms with E-state index in [1.165, 1.54) is 34.3 Å². The van der Waals surface area contributed by atoms with E-state index in [1.54, 1.807) is 11.8 Å². The number of carbonyl (C=O) groups is 1. The molecule has 0 bridgehead atoms. The molecular formula is C18H18O2S. The van der Waals surface area contributed by atoms with E-state index in [-0.39, 0.29) is 11.4 Å². The maximum atomic E-state index is 11.8. The van der Waals surface area contributed by atoms with Crippen LogP contribution in [0.3, 0.4) is 0 Å². The van der Waals surface area contributed by atoms with E-state index in [0.717, 1.165) is 0 Å². The van der Waals surface area contributed by atoms with Crippen LogP contribution >= 0.6 is 11.8 Å². The Labute approximate surface area is 129 Å². The highest BCUT2D eigenvalue weighted by atomic mass is 32.2. The van der Waals surface area contributed by atoms with Crippen molar-refractivity contribution in [1.29, 1.82) is 0 Å². The summed E-state index contributed by atoms with van der Waals surface area (Å²) >= 11 is 1.75. The highest BCUT2D eigenvalue weighted by Crippen LogP contribution is 2.49. The molecule has 1 aliphatic carbocycles. The first-order chi connectivity index (χ1) is 9.98. The Kier molecular flexibility index (Phi) is 3.33. The van der Waals surface area contributed by atoms with Gasteiger partial charge in [-0.15, -0.1) is 11.8 Å². The standard InChI is InChI=1S/C18H18O2S/c1-18(2)15-9-11(17(19)20-3)5-7-13(15)14-8-6-12(21-4)10-16(14)18/h5-10H,1-4H3. The molecule has 2 aromatic carbocycles. The molecule has 0 spiro atoms. The number of esters is 1. The Morgan fingerprint density at radius 2 is 1.67 bits per heavy atom. The summed E-state index contributed by atoms with van der Waals surface area (Å²) in [5, 5.41) is 0. The first-order valence-electron chi connectivity index (χ1n) is 6.90. The number of hydrogen-bond acceptors (Lipinski definition) is 3. The molecule has 2 aromatic rings. The van der Waals surface area contributed by atoms with Gasteiger partial charge in [0.25, 0.3) is 0 Å². The van der Waals surface area contributed by atoms with Crippen molar-refractivity contribution in [3.05, 3.63) is 53.1 Å². The number of rotatable bonds is 2. The fraction of sp³-hybridized carbons (Fsp3) is 0.278. The number of methoxy groups -OCH3 is 1. The van der Waals surface area contributed by atoms with Crippen LogP contribution in [0.5, 0.6) is 0 Å². The zero-order valence-electron chi connectivity index (χ0n) is 12.7. The highest BCUT2D eigenvalue weighted by molar-refractivity contribution is 7.98. The molecule has 1 aliphatic rings. The molecule has 3 heteroatoms. The number of thioether (sulfide) groups is 1. The molecule has 0 aliphatic heterocycles. The van der Waals surface area contributed by atoms with Crippen molar-refractivity contribution in [2.75, 3.05) is 13.4 Å². The van der Waals surface area contributed by atoms with E-state index in [1.807, 2.05) is 18.2 Å². The van der Waals surface area contributed by atoms with Crippen LogP contribution < -0.4 is 0 Å². The van der Waals surface area contributed by atoms with Crippen molar-refractivity contribution < 1.29 is 9.53 Å². The Morgan fingerprint density at radius 1 is 1.05 bits per heavy atom. The maximum absolute atomic E-state index is 11.8. The number of fused-ring (bicyclic) bond motifs is 3. The van der Waals surface area contributed by atoms with Gasteiger partial charge in [0.1, 0.15) is 0 Å². The molecule has 0 amide bonds. The lowest BCUT2D eigenvalue weighted by molar-refractivity contribution is 0.0600. The summed E-state index contributed by atoms with van der Waals surface area (Å²) in [5.74, 6) is -0.283. The van der Waals surface area contributed by atoms with E-state index >= 15 is 0 Å². The lowest BCUT2D eigenvalue weighted by Crippen LogP contribution is -2.16. The lowest BCUT2D eigenvalue weighted by atomic mass is 9.82. The van der Waals surface area contributed by atoms with Crippen molar-refractivity contribution in [3.8, 4) is 11.1 Å². The Bertz CT molecular complexity index is 732. The Hall–Kier alpha value is -1.74. The summed E-state index contributed by atoms with van der Waals surface area (Å²) in [6.07, 6.45) is 2.09. The van der Waals surface area contributed by atoms with Gasteiger partial charge in [0.05, 0.1) is 12.7 Å². The third-order valence-corrected chi connectivity index (χ3v) is 5.03. The number of benzene rings is 2. The van der Waals surface area contributed by atoms with Gasteiger partial charge in [-0.25, -0.2) is 4.79 Å². The van der Waals surface area contributed by atoms with Gasteiger partial charge in [-0.2, -0.15) is 0 Å². The molecule has 0 heterocycles. The first kappa shape index (κ1) is 14.2. The smallest absolute Gasteiger partial charge is 0.337 e. The van der Waals surface area contributed by atoms with Crippen LogP contribution in [0.4, 0.5) is 0 Å². The molecule has 0 N–H and O–H groups in total. The summed E-state index contributed by atoms with van der Waals surface area (Å²) < 4.78 is 4.84. The number of ether oxygens (including phenoxy) is 1. The third-order valence-electron chi connectivity index (χ3n) is 4.30. The molecule has 0 aromatic heterocycles. The summed E-state index contributed by atoms with van der Waals surface area (Å²) in [6, 6.07) is 12.5. The summed E-state index contributed by atoms with van der Waals surface area (Å²) in [6.45, 7) is 4.42. The quantitative estimate of drug-likeness (QED) is 0.603. The Balaban J connectivity index is 2.20. The van der Waals surface area contributed by atoms with Gasteiger partial charge < -0.3 is 4.74 Å². The van der Waals surface area contributed by atoms with E-state index in [9.17, 15) is 4.79 Å². The van der Waals surface area contributed by atoms with Gasteiger partial charge in [-0.3, -0.25) is 0 Å². The topological polar surface area (TPSA) is 26.3 Å². The molecule has 0 saturated carbocycles. The molecule has 21 heavy (non-hydrogen) atoms. The van der Waals surface area contributed by atoms with Gasteiger partial charge >= 0.3 is 5.97 Å².